The van der Waals surface area contributed by atoms with Gasteiger partial charge in [0.05, 0.1) is 0 Å². The SMILES string of the molecule is O=C(NCCn1cccc1)c1cccc(Cl)c1. The second-order valence-electron chi connectivity index (χ2n) is 3.69. The first kappa shape index (κ1) is 11.7. The van der Waals surface area contributed by atoms with Crippen molar-refractivity contribution >= 4 is 17.5 Å². The van der Waals surface area contributed by atoms with Crippen molar-refractivity contribution in [1.82, 2.24) is 9.88 Å². The lowest BCUT2D eigenvalue weighted by Crippen LogP contribution is -2.26. The highest BCUT2D eigenvalue weighted by molar-refractivity contribution is 6.30. The van der Waals surface area contributed by atoms with Crippen LogP contribution in [0, 0.1) is 0 Å². The molecule has 2 rings (SSSR count). The highest BCUT2D eigenvalue weighted by Crippen LogP contribution is 2.10. The lowest BCUT2D eigenvalue weighted by Gasteiger charge is -2.06. The van der Waals surface area contributed by atoms with Gasteiger partial charge in [0, 0.05) is 36.1 Å². The first-order valence-electron chi connectivity index (χ1n) is 5.40. The Bertz CT molecular complexity index is 494. The fourth-order valence-corrected chi connectivity index (χ4v) is 1.74. The number of amides is 1. The van der Waals surface area contributed by atoms with Crippen LogP contribution in [-0.4, -0.2) is 17.0 Å². The molecular formula is C13H13ClN2O. The number of aromatic nitrogens is 1. The first-order chi connectivity index (χ1) is 8.25. The molecule has 0 saturated heterocycles. The van der Waals surface area contributed by atoms with Crippen LogP contribution in [0.3, 0.4) is 0 Å². The van der Waals surface area contributed by atoms with Crippen LogP contribution in [0.5, 0.6) is 0 Å². The van der Waals surface area contributed by atoms with Gasteiger partial charge < -0.3 is 9.88 Å². The average Bonchev–Trinajstić information content (AvgIpc) is 2.82. The Kier molecular flexibility index (Phi) is 3.83. The normalized spacial score (nSPS) is 10.2. The molecule has 88 valence electrons. The van der Waals surface area contributed by atoms with E-state index < -0.39 is 0 Å². The molecule has 1 aromatic carbocycles. The van der Waals surface area contributed by atoms with Gasteiger partial charge in [-0.15, -0.1) is 0 Å². The molecule has 0 atom stereocenters. The van der Waals surface area contributed by atoms with Gasteiger partial charge in [-0.2, -0.15) is 0 Å². The van der Waals surface area contributed by atoms with Crippen LogP contribution in [0.15, 0.2) is 48.8 Å². The van der Waals surface area contributed by atoms with Crippen molar-refractivity contribution in [2.24, 2.45) is 0 Å². The summed E-state index contributed by atoms with van der Waals surface area (Å²) in [5, 5.41) is 3.42. The molecule has 17 heavy (non-hydrogen) atoms. The summed E-state index contributed by atoms with van der Waals surface area (Å²) in [6, 6.07) is 10.8. The summed E-state index contributed by atoms with van der Waals surface area (Å²) in [6.45, 7) is 1.36. The Balaban J connectivity index is 1.85. The summed E-state index contributed by atoms with van der Waals surface area (Å²) in [6.07, 6.45) is 3.93. The minimum Gasteiger partial charge on any atom is -0.353 e. The van der Waals surface area contributed by atoms with Crippen LogP contribution in [-0.2, 0) is 6.54 Å². The number of hydrogen-bond acceptors (Lipinski definition) is 1. The zero-order valence-corrected chi connectivity index (χ0v) is 10.0. The number of nitrogens with one attached hydrogen (secondary N) is 1. The standard InChI is InChI=1S/C13H13ClN2O/c14-12-5-3-4-11(10-12)13(17)15-6-9-16-7-1-2-8-16/h1-5,7-8,10H,6,9H2,(H,15,17). The molecule has 1 N–H and O–H groups in total. The molecule has 0 aliphatic heterocycles. The van der Waals surface area contributed by atoms with Crippen molar-refractivity contribution in [1.29, 1.82) is 0 Å². The van der Waals surface area contributed by atoms with Crippen LogP contribution >= 0.6 is 11.6 Å². The smallest absolute Gasteiger partial charge is 0.251 e. The van der Waals surface area contributed by atoms with Crippen molar-refractivity contribution in [2.45, 2.75) is 6.54 Å². The highest BCUT2D eigenvalue weighted by atomic mass is 35.5. The Morgan fingerprint density at radius 2 is 2.00 bits per heavy atom. The van der Waals surface area contributed by atoms with Gasteiger partial charge in [0.25, 0.3) is 5.91 Å². The van der Waals surface area contributed by atoms with Crippen LogP contribution in [0.25, 0.3) is 0 Å². The number of hydrogen-bond donors (Lipinski definition) is 1. The third kappa shape index (κ3) is 3.36. The molecule has 0 aliphatic rings. The number of nitrogens with zero attached hydrogens (tertiary/aromatic N) is 1. The lowest BCUT2D eigenvalue weighted by atomic mass is 10.2. The first-order valence-corrected chi connectivity index (χ1v) is 5.78. The third-order valence-electron chi connectivity index (χ3n) is 2.41. The van der Waals surface area contributed by atoms with E-state index in [-0.39, 0.29) is 5.91 Å². The van der Waals surface area contributed by atoms with E-state index in [0.29, 0.717) is 17.1 Å². The van der Waals surface area contributed by atoms with Gasteiger partial charge in [0.15, 0.2) is 0 Å². The molecule has 0 unspecified atom stereocenters. The molecule has 1 heterocycles. The molecule has 0 bridgehead atoms. The van der Waals surface area contributed by atoms with Crippen molar-refractivity contribution in [3.05, 3.63) is 59.4 Å². The molecule has 1 aromatic heterocycles. The predicted molar refractivity (Wildman–Crippen MR) is 68.2 cm³/mol. The van der Waals surface area contributed by atoms with E-state index >= 15 is 0 Å². The monoisotopic (exact) mass is 248 g/mol. The molecule has 0 aliphatic carbocycles. The van der Waals surface area contributed by atoms with E-state index in [4.69, 9.17) is 11.6 Å². The fourth-order valence-electron chi connectivity index (χ4n) is 1.55. The highest BCUT2D eigenvalue weighted by Gasteiger charge is 2.04. The Hall–Kier alpha value is -1.74. The average molecular weight is 249 g/mol. The summed E-state index contributed by atoms with van der Waals surface area (Å²) < 4.78 is 2.01. The van der Waals surface area contributed by atoms with Gasteiger partial charge in [0.1, 0.15) is 0 Å². The van der Waals surface area contributed by atoms with E-state index in [9.17, 15) is 4.79 Å². The maximum absolute atomic E-state index is 11.7. The maximum Gasteiger partial charge on any atom is 0.251 e. The molecule has 3 nitrogen and oxygen atoms in total. The summed E-state index contributed by atoms with van der Waals surface area (Å²) in [5.74, 6) is -0.0975. The summed E-state index contributed by atoms with van der Waals surface area (Å²) in [4.78, 5) is 11.7. The van der Waals surface area contributed by atoms with E-state index in [1.54, 1.807) is 24.3 Å². The van der Waals surface area contributed by atoms with Gasteiger partial charge in [-0.3, -0.25) is 4.79 Å². The number of rotatable bonds is 4. The molecule has 0 radical (unpaired) electrons. The lowest BCUT2D eigenvalue weighted by molar-refractivity contribution is 0.0952. The number of carbonyl (C=O) groups excluding carboxylic acids is 1. The van der Waals surface area contributed by atoms with Gasteiger partial charge >= 0.3 is 0 Å². The molecule has 0 spiro atoms. The Labute approximate surface area is 105 Å². The third-order valence-corrected chi connectivity index (χ3v) is 2.64. The second kappa shape index (κ2) is 5.55. The number of carbonyl (C=O) groups is 1. The van der Waals surface area contributed by atoms with Crippen molar-refractivity contribution < 1.29 is 4.79 Å². The van der Waals surface area contributed by atoms with E-state index in [2.05, 4.69) is 5.32 Å². The maximum atomic E-state index is 11.7. The summed E-state index contributed by atoms with van der Waals surface area (Å²) >= 11 is 5.82. The minimum atomic E-state index is -0.0975. The van der Waals surface area contributed by atoms with E-state index in [1.165, 1.54) is 0 Å². The Morgan fingerprint density at radius 3 is 2.71 bits per heavy atom. The largest absolute Gasteiger partial charge is 0.353 e. The van der Waals surface area contributed by atoms with Crippen LogP contribution < -0.4 is 5.32 Å². The molecule has 1 amide bonds. The van der Waals surface area contributed by atoms with Crippen molar-refractivity contribution in [3.63, 3.8) is 0 Å². The van der Waals surface area contributed by atoms with Crippen LogP contribution in [0.1, 0.15) is 10.4 Å². The van der Waals surface area contributed by atoms with Gasteiger partial charge in [-0.05, 0) is 30.3 Å². The second-order valence-corrected chi connectivity index (χ2v) is 4.12. The summed E-state index contributed by atoms with van der Waals surface area (Å²) in [7, 11) is 0. The van der Waals surface area contributed by atoms with Gasteiger partial charge in [0.2, 0.25) is 0 Å². The van der Waals surface area contributed by atoms with E-state index in [1.807, 2.05) is 29.1 Å². The number of halogens is 1. The zero-order valence-electron chi connectivity index (χ0n) is 9.27. The van der Waals surface area contributed by atoms with Gasteiger partial charge in [-0.25, -0.2) is 0 Å². The van der Waals surface area contributed by atoms with Crippen LogP contribution in [0.2, 0.25) is 5.02 Å². The molecule has 2 aromatic rings. The number of benzene rings is 1. The molecule has 0 saturated carbocycles. The van der Waals surface area contributed by atoms with Crippen LogP contribution in [0.4, 0.5) is 0 Å². The topological polar surface area (TPSA) is 34.0 Å². The molecule has 0 fully saturated rings. The zero-order chi connectivity index (χ0) is 12.1. The van der Waals surface area contributed by atoms with Crippen molar-refractivity contribution in [2.75, 3.05) is 6.54 Å². The molecular weight excluding hydrogens is 236 g/mol. The summed E-state index contributed by atoms with van der Waals surface area (Å²) in [5.41, 5.74) is 0.588. The molecule has 4 heteroatoms. The predicted octanol–water partition coefficient (Wildman–Crippen LogP) is 2.57. The van der Waals surface area contributed by atoms with Gasteiger partial charge in [-0.1, -0.05) is 17.7 Å². The fraction of sp³-hybridized carbons (Fsp3) is 0.154. The minimum absolute atomic E-state index is 0.0975. The Morgan fingerprint density at radius 1 is 1.24 bits per heavy atom. The van der Waals surface area contributed by atoms with Crippen molar-refractivity contribution in [3.8, 4) is 0 Å². The quantitative estimate of drug-likeness (QED) is 0.887. The van der Waals surface area contributed by atoms with E-state index in [0.717, 1.165) is 6.54 Å².